The highest BCUT2D eigenvalue weighted by Gasteiger charge is 2.44. The lowest BCUT2D eigenvalue weighted by Crippen LogP contribution is -2.50. The second-order valence-corrected chi connectivity index (χ2v) is 7.48. The van der Waals surface area contributed by atoms with Gasteiger partial charge in [-0.3, -0.25) is 9.59 Å². The topological polar surface area (TPSA) is 56.5 Å². The minimum atomic E-state index is -0.429. The number of hydrogen-bond acceptors (Lipinski definition) is 3. The molecule has 2 aliphatic heterocycles. The molecule has 2 aliphatic rings. The number of hydrogen-bond donors (Lipinski definition) is 0. The largest absolute Gasteiger partial charge is 0.479 e. The minimum absolute atomic E-state index is 0.0980. The SMILES string of the molecule is Cn1ccc(C(=O)N2CCC3(CC2)Oc2ccccc2-n2cccc23)cc1=O. The van der Waals surface area contributed by atoms with Crippen molar-refractivity contribution < 1.29 is 9.53 Å². The zero-order chi connectivity index (χ0) is 19.3. The monoisotopic (exact) mass is 375 g/mol. The smallest absolute Gasteiger partial charge is 0.254 e. The van der Waals surface area contributed by atoms with Gasteiger partial charge in [0.1, 0.15) is 5.75 Å². The lowest BCUT2D eigenvalue weighted by Gasteiger charge is -2.45. The summed E-state index contributed by atoms with van der Waals surface area (Å²) in [6, 6.07) is 15.3. The summed E-state index contributed by atoms with van der Waals surface area (Å²) in [5.41, 5.74) is 2.02. The Morgan fingerprint density at radius 1 is 1.04 bits per heavy atom. The molecule has 0 bridgehead atoms. The standard InChI is InChI=1S/C22H21N3O3/c1-23-12-8-16(15-20(23)26)21(27)24-13-9-22(10-14-24)19-7-4-11-25(19)17-5-2-3-6-18(17)28-22/h2-8,11-12,15H,9-10,13-14H2,1H3. The van der Waals surface area contributed by atoms with Gasteiger partial charge >= 0.3 is 0 Å². The molecule has 2 aromatic heterocycles. The van der Waals surface area contributed by atoms with Crippen molar-refractivity contribution in [2.24, 2.45) is 7.05 Å². The molecule has 6 heteroatoms. The summed E-state index contributed by atoms with van der Waals surface area (Å²) < 4.78 is 10.2. The van der Waals surface area contributed by atoms with E-state index in [1.807, 2.05) is 29.2 Å². The molecule has 1 spiro atoms. The lowest BCUT2D eigenvalue weighted by molar-refractivity contribution is -0.00931. The number of ether oxygens (including phenoxy) is 1. The molecule has 4 heterocycles. The number of rotatable bonds is 1. The van der Waals surface area contributed by atoms with Crippen molar-refractivity contribution in [3.63, 3.8) is 0 Å². The summed E-state index contributed by atoms with van der Waals surface area (Å²) in [6.45, 7) is 1.17. The number of amides is 1. The van der Waals surface area contributed by atoms with E-state index >= 15 is 0 Å². The molecule has 1 amide bonds. The van der Waals surface area contributed by atoms with Gasteiger partial charge in [0.2, 0.25) is 0 Å². The van der Waals surface area contributed by atoms with Crippen LogP contribution in [0, 0.1) is 0 Å². The number of benzene rings is 1. The highest BCUT2D eigenvalue weighted by Crippen LogP contribution is 2.44. The van der Waals surface area contributed by atoms with Gasteiger partial charge in [-0.15, -0.1) is 0 Å². The van der Waals surface area contributed by atoms with Crippen LogP contribution in [0.5, 0.6) is 5.75 Å². The summed E-state index contributed by atoms with van der Waals surface area (Å²) in [5.74, 6) is 0.775. The molecule has 0 radical (unpaired) electrons. The van der Waals surface area contributed by atoms with E-state index in [1.165, 1.54) is 10.6 Å². The van der Waals surface area contributed by atoms with Gasteiger partial charge in [-0.1, -0.05) is 12.1 Å². The van der Waals surface area contributed by atoms with Gasteiger partial charge in [-0.05, 0) is 30.3 Å². The van der Waals surface area contributed by atoms with Gasteiger partial charge in [0.15, 0.2) is 5.60 Å². The maximum atomic E-state index is 12.9. The molecule has 1 saturated heterocycles. The molecule has 0 atom stereocenters. The van der Waals surface area contributed by atoms with Crippen molar-refractivity contribution in [3.05, 3.63) is 82.5 Å². The van der Waals surface area contributed by atoms with E-state index in [4.69, 9.17) is 4.74 Å². The lowest BCUT2D eigenvalue weighted by atomic mass is 9.86. The number of nitrogens with zero attached hydrogens (tertiary/aromatic N) is 3. The van der Waals surface area contributed by atoms with E-state index in [0.29, 0.717) is 31.5 Å². The van der Waals surface area contributed by atoms with Crippen LogP contribution < -0.4 is 10.3 Å². The van der Waals surface area contributed by atoms with Gasteiger partial charge in [0, 0.05) is 57.0 Å². The first-order chi connectivity index (χ1) is 13.6. The summed E-state index contributed by atoms with van der Waals surface area (Å²) in [6.07, 6.45) is 5.12. The van der Waals surface area contributed by atoms with Crippen molar-refractivity contribution in [3.8, 4) is 11.4 Å². The maximum absolute atomic E-state index is 12.9. The first-order valence-corrected chi connectivity index (χ1v) is 9.50. The Hall–Kier alpha value is -3.28. The first-order valence-electron chi connectivity index (χ1n) is 9.50. The number of pyridine rings is 1. The van der Waals surface area contributed by atoms with Gasteiger partial charge in [-0.2, -0.15) is 0 Å². The van der Waals surface area contributed by atoms with Crippen molar-refractivity contribution >= 4 is 5.91 Å². The summed E-state index contributed by atoms with van der Waals surface area (Å²) in [7, 11) is 1.68. The molecule has 6 nitrogen and oxygen atoms in total. The Bertz CT molecular complexity index is 1120. The molecular weight excluding hydrogens is 354 g/mol. The van der Waals surface area contributed by atoms with Crippen molar-refractivity contribution in [2.45, 2.75) is 18.4 Å². The predicted molar refractivity (Wildman–Crippen MR) is 105 cm³/mol. The van der Waals surface area contributed by atoms with E-state index in [-0.39, 0.29) is 11.5 Å². The number of piperidine rings is 1. The highest BCUT2D eigenvalue weighted by molar-refractivity contribution is 5.94. The van der Waals surface area contributed by atoms with Gasteiger partial charge in [-0.25, -0.2) is 0 Å². The molecule has 1 aromatic carbocycles. The van der Waals surface area contributed by atoms with Crippen LogP contribution in [-0.4, -0.2) is 33.0 Å². The fourth-order valence-corrected chi connectivity index (χ4v) is 4.26. The number of carbonyl (C=O) groups is 1. The number of fused-ring (bicyclic) bond motifs is 4. The number of aryl methyl sites for hydroxylation is 1. The van der Waals surface area contributed by atoms with E-state index in [0.717, 1.165) is 17.1 Å². The number of likely N-dealkylation sites (tertiary alicyclic amines) is 1. The summed E-state index contributed by atoms with van der Waals surface area (Å²) in [5, 5.41) is 0. The molecule has 0 aliphatic carbocycles. The van der Waals surface area contributed by atoms with Crippen LogP contribution in [-0.2, 0) is 12.6 Å². The van der Waals surface area contributed by atoms with E-state index < -0.39 is 5.60 Å². The van der Waals surface area contributed by atoms with Crippen LogP contribution in [0.15, 0.2) is 65.7 Å². The average Bonchev–Trinajstić information content (AvgIpc) is 3.22. The van der Waals surface area contributed by atoms with Crippen molar-refractivity contribution in [2.75, 3.05) is 13.1 Å². The van der Waals surface area contributed by atoms with Crippen LogP contribution in [0.3, 0.4) is 0 Å². The fraction of sp³-hybridized carbons (Fsp3) is 0.273. The number of aromatic nitrogens is 2. The Morgan fingerprint density at radius 3 is 2.61 bits per heavy atom. The van der Waals surface area contributed by atoms with Crippen LogP contribution in [0.25, 0.3) is 5.69 Å². The fourth-order valence-electron chi connectivity index (χ4n) is 4.26. The van der Waals surface area contributed by atoms with Gasteiger partial charge < -0.3 is 18.8 Å². The second kappa shape index (κ2) is 6.12. The van der Waals surface area contributed by atoms with Gasteiger partial charge in [0.05, 0.1) is 11.4 Å². The Kier molecular flexibility index (Phi) is 3.69. The van der Waals surface area contributed by atoms with Gasteiger partial charge in [0.25, 0.3) is 11.5 Å². The molecule has 0 unspecified atom stereocenters. The van der Waals surface area contributed by atoms with Crippen molar-refractivity contribution in [1.29, 1.82) is 0 Å². The molecule has 1 fully saturated rings. The second-order valence-electron chi connectivity index (χ2n) is 7.48. The Morgan fingerprint density at radius 2 is 1.82 bits per heavy atom. The molecule has 0 saturated carbocycles. The third-order valence-electron chi connectivity index (χ3n) is 5.86. The number of carbonyl (C=O) groups excluding carboxylic acids is 1. The van der Waals surface area contributed by atoms with Crippen LogP contribution in [0.1, 0.15) is 28.9 Å². The zero-order valence-corrected chi connectivity index (χ0v) is 15.7. The van der Waals surface area contributed by atoms with Crippen LogP contribution in [0.2, 0.25) is 0 Å². The summed E-state index contributed by atoms with van der Waals surface area (Å²) in [4.78, 5) is 26.5. The third-order valence-corrected chi connectivity index (χ3v) is 5.86. The Balaban J connectivity index is 1.41. The molecule has 28 heavy (non-hydrogen) atoms. The predicted octanol–water partition coefficient (Wildman–Crippen LogP) is 2.70. The third kappa shape index (κ3) is 2.48. The van der Waals surface area contributed by atoms with E-state index in [2.05, 4.69) is 22.9 Å². The van der Waals surface area contributed by atoms with Crippen LogP contribution >= 0.6 is 0 Å². The first kappa shape index (κ1) is 16.9. The number of para-hydroxylation sites is 2. The minimum Gasteiger partial charge on any atom is -0.479 e. The summed E-state index contributed by atoms with van der Waals surface area (Å²) >= 11 is 0. The Labute approximate surface area is 162 Å². The zero-order valence-electron chi connectivity index (χ0n) is 15.7. The molecule has 142 valence electrons. The van der Waals surface area contributed by atoms with Crippen LogP contribution in [0.4, 0.5) is 0 Å². The molecule has 0 N–H and O–H groups in total. The quantitative estimate of drug-likeness (QED) is 0.657. The normalized spacial score (nSPS) is 17.0. The average molecular weight is 375 g/mol. The highest BCUT2D eigenvalue weighted by atomic mass is 16.5. The van der Waals surface area contributed by atoms with E-state index in [1.54, 1.807) is 19.3 Å². The molecule has 3 aromatic rings. The molecular formula is C22H21N3O3. The molecule has 5 rings (SSSR count). The van der Waals surface area contributed by atoms with Crippen molar-refractivity contribution in [1.82, 2.24) is 14.0 Å². The maximum Gasteiger partial charge on any atom is 0.254 e. The van der Waals surface area contributed by atoms with E-state index in [9.17, 15) is 9.59 Å².